The monoisotopic (exact) mass is 687 g/mol. The van der Waals surface area contributed by atoms with Crippen molar-refractivity contribution in [2.45, 2.75) is 49.7 Å². The summed E-state index contributed by atoms with van der Waals surface area (Å²) in [5.41, 5.74) is 3.74. The molecule has 254 valence electrons. The summed E-state index contributed by atoms with van der Waals surface area (Å²) in [6.07, 6.45) is 1.65. The van der Waals surface area contributed by atoms with E-state index in [1.54, 1.807) is 4.57 Å². The van der Waals surface area contributed by atoms with Gasteiger partial charge in [-0.05, 0) is 35.8 Å². The van der Waals surface area contributed by atoms with E-state index in [-0.39, 0.29) is 10.6 Å². The highest BCUT2D eigenvalue weighted by atomic mass is 35.5. The molecule has 2 aromatic carbocycles. The summed E-state index contributed by atoms with van der Waals surface area (Å²) in [4.78, 5) is 29.8. The van der Waals surface area contributed by atoms with E-state index in [1.165, 1.54) is 24.8 Å². The van der Waals surface area contributed by atoms with Gasteiger partial charge in [0.15, 0.2) is 23.2 Å². The maximum Gasteiger partial charge on any atom is 0.250 e. The third-order valence-corrected chi connectivity index (χ3v) is 9.10. The van der Waals surface area contributed by atoms with Gasteiger partial charge >= 0.3 is 0 Å². The van der Waals surface area contributed by atoms with Gasteiger partial charge in [0.25, 0.3) is 0 Å². The lowest BCUT2D eigenvalue weighted by Crippen LogP contribution is -2.49. The lowest BCUT2D eigenvalue weighted by atomic mass is 9.97. The number of rotatable bonds is 11. The number of imidazole rings is 1. The zero-order chi connectivity index (χ0) is 34.1. The predicted molar refractivity (Wildman–Crippen MR) is 180 cm³/mol. The molecule has 1 saturated heterocycles. The SMILES string of the molecule is O=C(N[C@@H]1[C@H](O)[C@@H](CO)O[C@H]1n1cnc2c(NCCc3c[nH]c4c(OCc5ccccc5)cccc34)ncnc21)C1=CC=C(Cl)C(O)C1O. The first-order valence-corrected chi connectivity index (χ1v) is 16.1. The molecule has 14 nitrogen and oxygen atoms in total. The van der Waals surface area contributed by atoms with E-state index in [0.717, 1.165) is 27.8 Å². The third kappa shape index (κ3) is 6.37. The molecule has 0 spiro atoms. The fourth-order valence-electron chi connectivity index (χ4n) is 6.15. The fraction of sp³-hybridized carbons (Fsp3) is 0.294. The molecule has 49 heavy (non-hydrogen) atoms. The number of carbonyl (C=O) groups is 1. The molecule has 15 heteroatoms. The highest BCUT2D eigenvalue weighted by Gasteiger charge is 2.46. The number of hydrogen-bond acceptors (Lipinski definition) is 11. The second-order valence-corrected chi connectivity index (χ2v) is 12.2. The van der Waals surface area contributed by atoms with Crippen LogP contribution in [0, 0.1) is 0 Å². The second-order valence-electron chi connectivity index (χ2n) is 11.8. The zero-order valence-corrected chi connectivity index (χ0v) is 26.7. The van der Waals surface area contributed by atoms with Gasteiger partial charge in [0.05, 0.1) is 18.5 Å². The van der Waals surface area contributed by atoms with Gasteiger partial charge in [0.1, 0.15) is 49.1 Å². The van der Waals surface area contributed by atoms with Crippen molar-refractivity contribution in [1.29, 1.82) is 0 Å². The number of aliphatic hydroxyl groups excluding tert-OH is 4. The average molecular weight is 688 g/mol. The summed E-state index contributed by atoms with van der Waals surface area (Å²) in [6.45, 7) is 0.463. The number of benzene rings is 2. The topological polar surface area (TPSA) is 200 Å². The largest absolute Gasteiger partial charge is 0.487 e. The van der Waals surface area contributed by atoms with Crippen molar-refractivity contribution >= 4 is 45.4 Å². The van der Waals surface area contributed by atoms with Crippen molar-refractivity contribution in [2.75, 3.05) is 18.5 Å². The Morgan fingerprint density at radius 3 is 2.69 bits per heavy atom. The molecular weight excluding hydrogens is 654 g/mol. The number of hydrogen-bond donors (Lipinski definition) is 7. The number of allylic oxidation sites excluding steroid dienone is 2. The molecule has 7 rings (SSSR count). The molecule has 2 unspecified atom stereocenters. The summed E-state index contributed by atoms with van der Waals surface area (Å²) >= 11 is 5.89. The van der Waals surface area contributed by atoms with Crippen LogP contribution in [0.25, 0.3) is 22.1 Å². The molecule has 1 fully saturated rings. The van der Waals surface area contributed by atoms with Gasteiger partial charge in [-0.3, -0.25) is 9.36 Å². The number of fused-ring (bicyclic) bond motifs is 2. The van der Waals surface area contributed by atoms with E-state index < -0.39 is 49.2 Å². The molecule has 1 aliphatic heterocycles. The Labute approximate surface area is 284 Å². The van der Waals surface area contributed by atoms with E-state index in [4.69, 9.17) is 21.1 Å². The Morgan fingerprint density at radius 1 is 1.04 bits per heavy atom. The highest BCUT2D eigenvalue weighted by Crippen LogP contribution is 2.34. The first-order valence-electron chi connectivity index (χ1n) is 15.7. The number of aromatic amines is 1. The van der Waals surface area contributed by atoms with Gasteiger partial charge in [-0.1, -0.05) is 54.1 Å². The Kier molecular flexibility index (Phi) is 9.31. The normalized spacial score (nSPS) is 23.8. The van der Waals surface area contributed by atoms with E-state index in [9.17, 15) is 25.2 Å². The van der Waals surface area contributed by atoms with Crippen molar-refractivity contribution in [1.82, 2.24) is 29.8 Å². The third-order valence-electron chi connectivity index (χ3n) is 8.75. The van der Waals surface area contributed by atoms with Crippen LogP contribution in [0.5, 0.6) is 5.75 Å². The van der Waals surface area contributed by atoms with Crippen LogP contribution < -0.4 is 15.4 Å². The molecule has 0 bridgehead atoms. The summed E-state index contributed by atoms with van der Waals surface area (Å²) in [5, 5.41) is 48.4. The molecule has 3 aromatic heterocycles. The average Bonchev–Trinajstić information content (AvgIpc) is 3.83. The van der Waals surface area contributed by atoms with Gasteiger partial charge in [0.2, 0.25) is 5.91 Å². The number of anilines is 1. The Bertz CT molecular complexity index is 2030. The number of para-hydroxylation sites is 1. The Morgan fingerprint density at radius 2 is 1.88 bits per heavy atom. The van der Waals surface area contributed by atoms with Gasteiger partial charge < -0.3 is 45.5 Å². The van der Waals surface area contributed by atoms with Crippen LogP contribution in [-0.2, 0) is 22.6 Å². The molecule has 1 amide bonds. The van der Waals surface area contributed by atoms with Crippen LogP contribution in [0.2, 0.25) is 0 Å². The fourth-order valence-corrected chi connectivity index (χ4v) is 6.34. The smallest absolute Gasteiger partial charge is 0.250 e. The van der Waals surface area contributed by atoms with Crippen LogP contribution in [0.1, 0.15) is 17.4 Å². The van der Waals surface area contributed by atoms with Crippen LogP contribution in [0.3, 0.4) is 0 Å². The predicted octanol–water partition coefficient (Wildman–Crippen LogP) is 2.06. The number of amides is 1. The molecule has 4 heterocycles. The maximum absolute atomic E-state index is 13.2. The van der Waals surface area contributed by atoms with Gasteiger partial charge in [0, 0.05) is 28.7 Å². The molecular formula is C34H34ClN7O7. The minimum absolute atomic E-state index is 0.0137. The summed E-state index contributed by atoms with van der Waals surface area (Å²) in [7, 11) is 0. The van der Waals surface area contributed by atoms with Gasteiger partial charge in [-0.25, -0.2) is 15.0 Å². The highest BCUT2D eigenvalue weighted by molar-refractivity contribution is 6.30. The number of H-pyrrole nitrogens is 1. The number of aromatic nitrogens is 5. The second kappa shape index (κ2) is 14.0. The maximum atomic E-state index is 13.2. The van der Waals surface area contributed by atoms with E-state index >= 15 is 0 Å². The van der Waals surface area contributed by atoms with Crippen LogP contribution in [0.15, 0.2) is 90.1 Å². The quantitative estimate of drug-likeness (QED) is 0.107. The van der Waals surface area contributed by atoms with Gasteiger partial charge in [-0.15, -0.1) is 0 Å². The minimum Gasteiger partial charge on any atom is -0.487 e. The van der Waals surface area contributed by atoms with E-state index in [0.29, 0.717) is 36.6 Å². The first kappa shape index (κ1) is 32.7. The number of nitrogens with zero attached hydrogens (tertiary/aromatic N) is 4. The van der Waals surface area contributed by atoms with Gasteiger partial charge in [-0.2, -0.15) is 0 Å². The molecule has 7 N–H and O–H groups in total. The van der Waals surface area contributed by atoms with Crippen molar-refractivity contribution in [3.05, 3.63) is 101 Å². The van der Waals surface area contributed by atoms with Crippen LogP contribution in [0.4, 0.5) is 5.82 Å². The first-order chi connectivity index (χ1) is 23.8. The number of carbonyl (C=O) groups excluding carboxylic acids is 1. The van der Waals surface area contributed by atoms with Crippen LogP contribution in [-0.4, -0.2) is 94.4 Å². The molecule has 6 atom stereocenters. The molecule has 0 radical (unpaired) electrons. The summed E-state index contributed by atoms with van der Waals surface area (Å²) < 4.78 is 13.6. The molecule has 2 aliphatic rings. The number of ether oxygens (including phenoxy) is 2. The Balaban J connectivity index is 1.06. The van der Waals surface area contributed by atoms with E-state index in [1.807, 2.05) is 54.7 Å². The van der Waals surface area contributed by atoms with Crippen molar-refractivity contribution in [2.24, 2.45) is 0 Å². The molecule has 5 aromatic rings. The van der Waals surface area contributed by atoms with Crippen molar-refractivity contribution in [3.63, 3.8) is 0 Å². The summed E-state index contributed by atoms with van der Waals surface area (Å²) in [6, 6.07) is 14.9. The standard InChI is InChI=1S/C34H34ClN7O7/c35-22-10-9-21(28(44)29(22)45)33(47)41-26-30(46)24(14-43)49-34(26)42-17-40-27-31(38-16-39-32(27)42)36-12-11-19-13-37-25-20(19)7-4-8-23(25)48-15-18-5-2-1-3-6-18/h1-10,13,16-17,24,26,28-30,34,37,43-46H,11-12,14-15H2,(H,41,47)(H,36,38,39)/t24-,26-,28?,29?,30-,34-/m1/s1. The molecule has 1 aliphatic carbocycles. The molecule has 0 saturated carbocycles. The van der Waals surface area contributed by atoms with E-state index in [2.05, 4.69) is 30.6 Å². The number of nitrogens with one attached hydrogen (secondary N) is 3. The van der Waals surface area contributed by atoms with Crippen molar-refractivity contribution < 1.29 is 34.7 Å². The number of aliphatic hydroxyl groups is 4. The van der Waals surface area contributed by atoms with Crippen molar-refractivity contribution in [3.8, 4) is 5.75 Å². The lowest BCUT2D eigenvalue weighted by molar-refractivity contribution is -0.121. The lowest BCUT2D eigenvalue weighted by Gasteiger charge is -2.27. The zero-order valence-electron chi connectivity index (χ0n) is 26.0. The number of halogens is 1. The Hall–Kier alpha value is -4.83. The minimum atomic E-state index is -1.57. The summed E-state index contributed by atoms with van der Waals surface area (Å²) in [5.74, 6) is 0.490. The van der Waals surface area contributed by atoms with Crippen LogP contribution >= 0.6 is 11.6 Å².